The molecule has 1 aromatic carbocycles. The Morgan fingerprint density at radius 1 is 1.40 bits per heavy atom. The number of hydrogen-bond acceptors (Lipinski definition) is 3. The van der Waals surface area contributed by atoms with Gasteiger partial charge in [-0.1, -0.05) is 32.4 Å². The van der Waals surface area contributed by atoms with Crippen LogP contribution in [0.5, 0.6) is 0 Å². The van der Waals surface area contributed by atoms with Crippen LogP contribution in [0.4, 0.5) is 11.4 Å². The van der Waals surface area contributed by atoms with Crippen molar-refractivity contribution in [2.45, 2.75) is 39.5 Å². The fourth-order valence-electron chi connectivity index (χ4n) is 2.02. The van der Waals surface area contributed by atoms with Gasteiger partial charge in [0.2, 0.25) is 5.91 Å². The van der Waals surface area contributed by atoms with Crippen molar-refractivity contribution in [3.8, 4) is 0 Å². The molecule has 1 atom stereocenters. The van der Waals surface area contributed by atoms with Crippen molar-refractivity contribution in [1.82, 2.24) is 0 Å². The summed E-state index contributed by atoms with van der Waals surface area (Å²) in [5.74, 6) is 0.575. The molecule has 0 aliphatic rings. The summed E-state index contributed by atoms with van der Waals surface area (Å²) in [5, 5.41) is 2.81. The Morgan fingerprint density at radius 2 is 2.15 bits per heavy atom. The molecule has 0 aliphatic heterocycles. The van der Waals surface area contributed by atoms with Crippen LogP contribution in [0.15, 0.2) is 24.3 Å². The van der Waals surface area contributed by atoms with Gasteiger partial charge in [-0.05, 0) is 30.9 Å². The normalized spacial score (nSPS) is 12.1. The van der Waals surface area contributed by atoms with Crippen LogP contribution in [0.25, 0.3) is 0 Å². The Labute approximate surface area is 121 Å². The first kappa shape index (κ1) is 16.5. The molecular formula is C16H26N2O2. The molecule has 0 aromatic heterocycles. The maximum Gasteiger partial charge on any atom is 0.224 e. The highest BCUT2D eigenvalue weighted by Gasteiger charge is 2.05. The highest BCUT2D eigenvalue weighted by atomic mass is 16.5. The molecule has 0 saturated carbocycles. The number of ether oxygens (including phenoxy) is 1. The lowest BCUT2D eigenvalue weighted by Crippen LogP contribution is -2.14. The number of nitrogen functional groups attached to an aromatic ring is 1. The van der Waals surface area contributed by atoms with Crippen molar-refractivity contribution >= 4 is 17.3 Å². The summed E-state index contributed by atoms with van der Waals surface area (Å²) < 4.78 is 5.57. The molecule has 3 N–H and O–H groups in total. The minimum Gasteiger partial charge on any atom is -0.397 e. The molecule has 1 aromatic rings. The molecule has 4 heteroatoms. The van der Waals surface area contributed by atoms with E-state index in [0.29, 0.717) is 30.3 Å². The second-order valence-electron chi connectivity index (χ2n) is 5.21. The van der Waals surface area contributed by atoms with E-state index >= 15 is 0 Å². The molecule has 20 heavy (non-hydrogen) atoms. The van der Waals surface area contributed by atoms with Gasteiger partial charge in [-0.25, -0.2) is 0 Å². The van der Waals surface area contributed by atoms with Gasteiger partial charge in [0, 0.05) is 19.6 Å². The van der Waals surface area contributed by atoms with Crippen molar-refractivity contribution in [3.05, 3.63) is 24.3 Å². The predicted octanol–water partition coefficient (Wildman–Crippen LogP) is 3.44. The summed E-state index contributed by atoms with van der Waals surface area (Å²) in [5.41, 5.74) is 7.03. The molecule has 0 bridgehead atoms. The summed E-state index contributed by atoms with van der Waals surface area (Å²) in [6.07, 6.45) is 3.56. The van der Waals surface area contributed by atoms with Crippen LogP contribution in [0.1, 0.15) is 39.5 Å². The van der Waals surface area contributed by atoms with E-state index < -0.39 is 0 Å². The van der Waals surface area contributed by atoms with E-state index in [0.717, 1.165) is 13.0 Å². The maximum absolute atomic E-state index is 11.7. The van der Waals surface area contributed by atoms with Crippen LogP contribution in [-0.4, -0.2) is 19.1 Å². The zero-order chi connectivity index (χ0) is 14.8. The van der Waals surface area contributed by atoms with E-state index in [-0.39, 0.29) is 5.91 Å². The molecule has 0 aliphatic carbocycles. The number of carbonyl (C=O) groups excluding carboxylic acids is 1. The predicted molar refractivity (Wildman–Crippen MR) is 83.6 cm³/mol. The van der Waals surface area contributed by atoms with Crippen LogP contribution in [0, 0.1) is 5.92 Å². The van der Waals surface area contributed by atoms with Gasteiger partial charge in [0.15, 0.2) is 0 Å². The van der Waals surface area contributed by atoms with Crippen molar-refractivity contribution in [1.29, 1.82) is 0 Å². The first-order valence-corrected chi connectivity index (χ1v) is 7.35. The molecule has 112 valence electrons. The summed E-state index contributed by atoms with van der Waals surface area (Å²) >= 11 is 0. The topological polar surface area (TPSA) is 64.3 Å². The van der Waals surface area contributed by atoms with Gasteiger partial charge in [0.05, 0.1) is 11.4 Å². The minimum atomic E-state index is -0.0203. The zero-order valence-corrected chi connectivity index (χ0v) is 12.5. The van der Waals surface area contributed by atoms with Gasteiger partial charge in [0.1, 0.15) is 0 Å². The molecule has 1 unspecified atom stereocenters. The van der Waals surface area contributed by atoms with E-state index in [4.69, 9.17) is 10.5 Å². The quantitative estimate of drug-likeness (QED) is 0.537. The Bertz CT molecular complexity index is 407. The van der Waals surface area contributed by atoms with E-state index in [1.54, 1.807) is 12.1 Å². The van der Waals surface area contributed by atoms with E-state index in [1.807, 2.05) is 12.1 Å². The van der Waals surface area contributed by atoms with Gasteiger partial charge in [-0.2, -0.15) is 0 Å². The summed E-state index contributed by atoms with van der Waals surface area (Å²) in [7, 11) is 0. The molecule has 0 radical (unpaired) electrons. The number of amides is 1. The Morgan fingerprint density at radius 3 is 2.85 bits per heavy atom. The Balaban J connectivity index is 2.13. The third-order valence-electron chi connectivity index (χ3n) is 3.11. The summed E-state index contributed by atoms with van der Waals surface area (Å²) in [6, 6.07) is 7.27. The highest BCUT2D eigenvalue weighted by molar-refractivity contribution is 5.93. The first-order chi connectivity index (χ1) is 9.63. The monoisotopic (exact) mass is 278 g/mol. The molecule has 0 heterocycles. The standard InChI is InChI=1S/C16H26N2O2/c1-3-7-13(2)12-20-11-6-10-16(19)18-15-9-5-4-8-14(15)17/h4-5,8-9,13H,3,6-7,10-12,17H2,1-2H3,(H,18,19). The molecule has 1 rings (SSSR count). The largest absolute Gasteiger partial charge is 0.397 e. The average molecular weight is 278 g/mol. The van der Waals surface area contributed by atoms with Gasteiger partial charge in [-0.3, -0.25) is 4.79 Å². The second-order valence-corrected chi connectivity index (χ2v) is 5.21. The number of benzene rings is 1. The van der Waals surface area contributed by atoms with Gasteiger partial charge < -0.3 is 15.8 Å². The molecular weight excluding hydrogens is 252 g/mol. The van der Waals surface area contributed by atoms with E-state index in [2.05, 4.69) is 19.2 Å². The SMILES string of the molecule is CCCC(C)COCCCC(=O)Nc1ccccc1N. The maximum atomic E-state index is 11.7. The molecule has 0 fully saturated rings. The number of carbonyl (C=O) groups is 1. The van der Waals surface area contributed by atoms with Gasteiger partial charge >= 0.3 is 0 Å². The molecule has 0 saturated heterocycles. The van der Waals surface area contributed by atoms with Crippen LogP contribution in [0.2, 0.25) is 0 Å². The van der Waals surface area contributed by atoms with E-state index in [1.165, 1.54) is 12.8 Å². The Kier molecular flexibility index (Phi) is 7.73. The smallest absolute Gasteiger partial charge is 0.224 e. The van der Waals surface area contributed by atoms with Crippen molar-refractivity contribution in [2.24, 2.45) is 5.92 Å². The van der Waals surface area contributed by atoms with E-state index in [9.17, 15) is 4.79 Å². The number of nitrogens with one attached hydrogen (secondary N) is 1. The number of hydrogen-bond donors (Lipinski definition) is 2. The van der Waals surface area contributed by atoms with Gasteiger partial charge in [-0.15, -0.1) is 0 Å². The van der Waals surface area contributed by atoms with Crippen molar-refractivity contribution in [2.75, 3.05) is 24.3 Å². The Hall–Kier alpha value is -1.55. The number of anilines is 2. The van der Waals surface area contributed by atoms with Crippen LogP contribution in [-0.2, 0) is 9.53 Å². The lowest BCUT2D eigenvalue weighted by molar-refractivity contribution is -0.116. The molecule has 1 amide bonds. The third kappa shape index (κ3) is 6.57. The summed E-state index contributed by atoms with van der Waals surface area (Å²) in [4.78, 5) is 11.7. The summed E-state index contributed by atoms with van der Waals surface area (Å²) in [6.45, 7) is 5.78. The molecule has 4 nitrogen and oxygen atoms in total. The van der Waals surface area contributed by atoms with Crippen LogP contribution >= 0.6 is 0 Å². The lowest BCUT2D eigenvalue weighted by Gasteiger charge is -2.11. The van der Waals surface area contributed by atoms with Crippen molar-refractivity contribution < 1.29 is 9.53 Å². The lowest BCUT2D eigenvalue weighted by atomic mass is 10.1. The fourth-order valence-corrected chi connectivity index (χ4v) is 2.02. The van der Waals surface area contributed by atoms with Gasteiger partial charge in [0.25, 0.3) is 0 Å². The van der Waals surface area contributed by atoms with Crippen LogP contribution in [0.3, 0.4) is 0 Å². The van der Waals surface area contributed by atoms with Crippen LogP contribution < -0.4 is 11.1 Å². The highest BCUT2D eigenvalue weighted by Crippen LogP contribution is 2.16. The van der Waals surface area contributed by atoms with Crippen molar-refractivity contribution in [3.63, 3.8) is 0 Å². The minimum absolute atomic E-state index is 0.0203. The third-order valence-corrected chi connectivity index (χ3v) is 3.11. The number of rotatable bonds is 9. The molecule has 0 spiro atoms. The number of nitrogens with two attached hydrogens (primary N) is 1. The first-order valence-electron chi connectivity index (χ1n) is 7.35. The fraction of sp³-hybridized carbons (Fsp3) is 0.562. The zero-order valence-electron chi connectivity index (χ0n) is 12.5. The second kappa shape index (κ2) is 9.37. The number of para-hydroxylation sites is 2. The average Bonchev–Trinajstić information content (AvgIpc) is 2.41.